The Hall–Kier alpha value is 0.925. The minimum absolute atomic E-state index is 0.385. The van der Waals surface area contributed by atoms with Gasteiger partial charge in [-0.3, -0.25) is 0 Å². The minimum Gasteiger partial charge on any atom is -0.383 e. The van der Waals surface area contributed by atoms with E-state index in [1.54, 1.807) is 0 Å². The van der Waals surface area contributed by atoms with Crippen LogP contribution in [-0.2, 0) is 4.74 Å². The lowest BCUT2D eigenvalue weighted by Crippen LogP contribution is -2.29. The first kappa shape index (κ1) is 24.0. The van der Waals surface area contributed by atoms with E-state index in [9.17, 15) is 0 Å². The topological polar surface area (TPSA) is 9.23 Å². The fourth-order valence-electron chi connectivity index (χ4n) is 3.79. The number of rotatable bonds is 10. The zero-order chi connectivity index (χ0) is 19.5. The van der Waals surface area contributed by atoms with Crippen molar-refractivity contribution in [1.82, 2.24) is 0 Å². The van der Waals surface area contributed by atoms with Crippen LogP contribution in [-0.4, -0.2) is 95.8 Å². The molecule has 1 aliphatic rings. The molecule has 0 saturated carbocycles. The summed E-state index contributed by atoms with van der Waals surface area (Å²) in [7, 11) is 2.32. The quantitative estimate of drug-likeness (QED) is 0.391. The van der Waals surface area contributed by atoms with E-state index >= 15 is 0 Å². The van der Waals surface area contributed by atoms with E-state index in [1.165, 1.54) is 43.4 Å². The van der Waals surface area contributed by atoms with Gasteiger partial charge in [0.2, 0.25) is 0 Å². The molecule has 0 radical (unpaired) electrons. The molecule has 0 aromatic heterocycles. The predicted octanol–water partition coefficient (Wildman–Crippen LogP) is 4.26. The minimum atomic E-state index is -1.06. The number of ether oxygens (including phenoxy) is 1. The van der Waals surface area contributed by atoms with E-state index in [0.29, 0.717) is 23.9 Å². The summed E-state index contributed by atoms with van der Waals surface area (Å²) in [6.45, 7) is 11.1. The molecular formula is C20H44BOP3. The molecule has 0 aromatic rings. The molecule has 25 heavy (non-hydrogen) atoms. The monoisotopic (exact) mass is 404 g/mol. The zero-order valence-electron chi connectivity index (χ0n) is 18.1. The zero-order valence-corrected chi connectivity index (χ0v) is 20.8. The maximum absolute atomic E-state index is 6.58. The van der Waals surface area contributed by atoms with Gasteiger partial charge in [-0.05, 0) is 75.2 Å². The molecule has 0 aliphatic carbocycles. The van der Waals surface area contributed by atoms with Crippen molar-refractivity contribution in [3.05, 3.63) is 0 Å². The molecule has 0 bridgehead atoms. The fourth-order valence-corrected chi connectivity index (χ4v) is 8.61. The third-order valence-corrected chi connectivity index (χ3v) is 15.1. The molecule has 0 amide bonds. The summed E-state index contributed by atoms with van der Waals surface area (Å²) in [5.74, 6) is 1.37. The summed E-state index contributed by atoms with van der Waals surface area (Å²) in [6.07, 6.45) is 23.0. The van der Waals surface area contributed by atoms with Crippen molar-refractivity contribution >= 4 is 47.4 Å². The van der Waals surface area contributed by atoms with Crippen molar-refractivity contribution < 1.29 is 4.74 Å². The maximum Gasteiger partial charge on any atom is 0.139 e. The van der Waals surface area contributed by atoms with Crippen LogP contribution in [0.3, 0.4) is 0 Å². The molecule has 5 heteroatoms. The highest BCUT2D eigenvalue weighted by molar-refractivity contribution is 7.73. The van der Waals surface area contributed by atoms with E-state index in [1.807, 2.05) is 0 Å². The van der Waals surface area contributed by atoms with Crippen LogP contribution in [0.4, 0.5) is 0 Å². The first-order valence-electron chi connectivity index (χ1n) is 10.1. The van der Waals surface area contributed by atoms with E-state index in [0.717, 1.165) is 0 Å². The van der Waals surface area contributed by atoms with Crippen LogP contribution in [0.15, 0.2) is 0 Å². The highest BCUT2D eigenvalue weighted by Gasteiger charge is 2.43. The van der Waals surface area contributed by atoms with Gasteiger partial charge in [0.05, 0.1) is 6.10 Å². The number of hydrogen-bond acceptors (Lipinski definition) is 1. The number of hydrogen-bond donors (Lipinski definition) is 0. The molecule has 0 N–H and O–H groups in total. The van der Waals surface area contributed by atoms with Crippen LogP contribution in [0.25, 0.3) is 0 Å². The summed E-state index contributed by atoms with van der Waals surface area (Å²) in [5.41, 5.74) is 0. The van der Waals surface area contributed by atoms with Crippen molar-refractivity contribution in [3.63, 3.8) is 0 Å². The van der Waals surface area contributed by atoms with Gasteiger partial charge in [0.15, 0.2) is 0 Å². The maximum atomic E-state index is 6.58. The molecule has 0 aromatic carbocycles. The van der Waals surface area contributed by atoms with Crippen molar-refractivity contribution in [1.29, 1.82) is 0 Å². The SMILES string of the molecule is BC1OC(CCP(=C)(C)CC)C(CP(=C)(C)CC)C1CP(=C)(C)CC. The standard InChI is InChI=1S/C20H44BOP3/c1-10-23(4,5)14-13-19-17(15-24(6,7)11-2)18(20(21)22-19)16-25(8,9)12-3/h17-20H,4,6,8,10-16,21H2,1-3,5,7,9H3. The second-order valence-corrected chi connectivity index (χ2v) is 22.2. The smallest absolute Gasteiger partial charge is 0.139 e. The summed E-state index contributed by atoms with van der Waals surface area (Å²) in [6, 6.07) is 0.385. The molecule has 148 valence electrons. The van der Waals surface area contributed by atoms with Crippen LogP contribution in [0, 0.1) is 11.8 Å². The van der Waals surface area contributed by atoms with Gasteiger partial charge >= 0.3 is 0 Å². The lowest BCUT2D eigenvalue weighted by atomic mass is 9.81. The lowest BCUT2D eigenvalue weighted by Gasteiger charge is -2.32. The Balaban J connectivity index is 3.00. The third kappa shape index (κ3) is 7.45. The van der Waals surface area contributed by atoms with E-state index < -0.39 is 20.7 Å². The van der Waals surface area contributed by atoms with Gasteiger partial charge in [-0.2, -0.15) is 0 Å². The van der Waals surface area contributed by atoms with Crippen LogP contribution in [0.5, 0.6) is 0 Å². The van der Waals surface area contributed by atoms with Crippen molar-refractivity contribution in [2.45, 2.75) is 39.3 Å². The Morgan fingerprint density at radius 1 is 0.800 bits per heavy atom. The Labute approximate surface area is 160 Å². The molecule has 1 aliphatic heterocycles. The van der Waals surface area contributed by atoms with E-state index in [4.69, 9.17) is 4.74 Å². The van der Waals surface area contributed by atoms with Crippen molar-refractivity contribution in [2.75, 3.05) is 57.0 Å². The largest absolute Gasteiger partial charge is 0.383 e. The van der Waals surface area contributed by atoms with E-state index in [2.05, 4.69) is 67.5 Å². The molecular weight excluding hydrogens is 360 g/mol. The Bertz CT molecular complexity index is 571. The third-order valence-electron chi connectivity index (χ3n) is 6.57. The van der Waals surface area contributed by atoms with Crippen molar-refractivity contribution in [3.8, 4) is 0 Å². The van der Waals surface area contributed by atoms with Gasteiger partial charge in [0.25, 0.3) is 0 Å². The molecule has 0 spiro atoms. The molecule has 1 nitrogen and oxygen atoms in total. The van der Waals surface area contributed by atoms with E-state index in [-0.39, 0.29) is 0 Å². The summed E-state index contributed by atoms with van der Waals surface area (Å²) in [4.78, 5) is 0. The average molecular weight is 404 g/mol. The van der Waals surface area contributed by atoms with Gasteiger partial charge in [-0.1, -0.05) is 20.8 Å². The molecule has 1 rings (SSSR count). The van der Waals surface area contributed by atoms with Gasteiger partial charge in [-0.15, -0.1) is 39.6 Å². The highest BCUT2D eigenvalue weighted by atomic mass is 31.2. The Morgan fingerprint density at radius 3 is 1.68 bits per heavy atom. The van der Waals surface area contributed by atoms with Crippen molar-refractivity contribution in [2.24, 2.45) is 11.8 Å². The molecule has 1 fully saturated rings. The summed E-state index contributed by atoms with van der Waals surface area (Å²) >= 11 is 0. The Kier molecular flexibility index (Phi) is 9.03. The normalized spacial score (nSPS) is 34.2. The molecule has 7 unspecified atom stereocenters. The van der Waals surface area contributed by atoms with Gasteiger partial charge in [0.1, 0.15) is 7.85 Å². The summed E-state index contributed by atoms with van der Waals surface area (Å²) < 4.78 is 6.58. The fraction of sp³-hybridized carbons (Fsp3) is 0.850. The molecule has 1 heterocycles. The van der Waals surface area contributed by atoms with Crippen LogP contribution >= 0.6 is 20.7 Å². The van der Waals surface area contributed by atoms with Crippen LogP contribution in [0.2, 0.25) is 0 Å². The lowest BCUT2D eigenvalue weighted by molar-refractivity contribution is 0.0709. The molecule has 7 atom stereocenters. The molecule has 1 saturated heterocycles. The first-order chi connectivity index (χ1) is 11.4. The average Bonchev–Trinajstić information content (AvgIpc) is 2.81. The van der Waals surface area contributed by atoms with Gasteiger partial charge < -0.3 is 4.74 Å². The van der Waals surface area contributed by atoms with Gasteiger partial charge in [0, 0.05) is 6.00 Å². The predicted molar refractivity (Wildman–Crippen MR) is 135 cm³/mol. The second kappa shape index (κ2) is 9.42. The highest BCUT2D eigenvalue weighted by Crippen LogP contribution is 2.53. The van der Waals surface area contributed by atoms with Gasteiger partial charge in [-0.25, -0.2) is 0 Å². The van der Waals surface area contributed by atoms with Crippen LogP contribution < -0.4 is 0 Å². The second-order valence-electron chi connectivity index (χ2n) is 9.39. The van der Waals surface area contributed by atoms with Crippen LogP contribution in [0.1, 0.15) is 27.2 Å². The summed E-state index contributed by atoms with van der Waals surface area (Å²) in [5, 5.41) is 0. The first-order valence-corrected chi connectivity index (χ1v) is 18.5. The Morgan fingerprint density at radius 2 is 1.24 bits per heavy atom.